The first-order valence-electron chi connectivity index (χ1n) is 12.8. The zero-order valence-corrected chi connectivity index (χ0v) is 20.0. The Morgan fingerprint density at radius 2 is 0.935 bits per heavy atom. The van der Waals surface area contributed by atoms with Crippen LogP contribution in [0.3, 0.4) is 0 Å². The number of benzene rings is 2. The Labute approximate surface area is 191 Å². The lowest BCUT2D eigenvalue weighted by Gasteiger charge is -2.41. The highest BCUT2D eigenvalue weighted by Crippen LogP contribution is 2.31. The van der Waals surface area contributed by atoms with Crippen LogP contribution in [0.5, 0.6) is 0 Å². The lowest BCUT2D eigenvalue weighted by atomic mass is 9.85. The Balaban J connectivity index is 1.13. The summed E-state index contributed by atoms with van der Waals surface area (Å²) in [6.07, 6.45) is 10.1. The SMILES string of the molecule is C[N+]1(Cc2ccccc2)CCC(CCCC2CC[N+](C)(Cc3ccccc3)CC2)CC1. The molecule has 0 aromatic heterocycles. The van der Waals surface area contributed by atoms with Crippen molar-refractivity contribution in [1.29, 1.82) is 0 Å². The number of hydrogen-bond acceptors (Lipinski definition) is 0. The molecule has 2 heteroatoms. The summed E-state index contributed by atoms with van der Waals surface area (Å²) in [5, 5.41) is 0. The van der Waals surface area contributed by atoms with Gasteiger partial charge in [0, 0.05) is 11.1 Å². The lowest BCUT2D eigenvalue weighted by Crippen LogP contribution is -2.49. The molecular formula is C29H44N2+2. The Morgan fingerprint density at radius 1 is 0.581 bits per heavy atom. The minimum Gasteiger partial charge on any atom is -0.322 e. The summed E-state index contributed by atoms with van der Waals surface area (Å²) in [5.74, 6) is 1.95. The largest absolute Gasteiger partial charge is 0.322 e. The summed E-state index contributed by atoms with van der Waals surface area (Å²) in [7, 11) is 4.94. The molecule has 2 aliphatic rings. The molecule has 4 rings (SSSR count). The number of rotatable bonds is 8. The van der Waals surface area contributed by atoms with E-state index in [1.165, 1.54) is 104 Å². The van der Waals surface area contributed by atoms with Crippen molar-refractivity contribution in [2.45, 2.75) is 58.0 Å². The molecule has 2 nitrogen and oxygen atoms in total. The molecule has 0 aliphatic carbocycles. The van der Waals surface area contributed by atoms with Crippen molar-refractivity contribution >= 4 is 0 Å². The van der Waals surface area contributed by atoms with E-state index in [1.807, 2.05) is 0 Å². The summed E-state index contributed by atoms with van der Waals surface area (Å²) in [6, 6.07) is 22.2. The number of nitrogens with zero attached hydrogens (tertiary/aromatic N) is 2. The van der Waals surface area contributed by atoms with Crippen LogP contribution in [-0.2, 0) is 13.1 Å². The molecule has 2 saturated heterocycles. The van der Waals surface area contributed by atoms with Crippen molar-refractivity contribution < 1.29 is 8.97 Å². The summed E-state index contributed by atoms with van der Waals surface area (Å²) in [4.78, 5) is 0. The fourth-order valence-corrected chi connectivity index (χ4v) is 6.13. The van der Waals surface area contributed by atoms with Gasteiger partial charge in [-0.25, -0.2) is 0 Å². The molecule has 2 aromatic rings. The fourth-order valence-electron chi connectivity index (χ4n) is 6.13. The molecule has 0 radical (unpaired) electrons. The van der Waals surface area contributed by atoms with Crippen LogP contribution in [0.1, 0.15) is 56.1 Å². The van der Waals surface area contributed by atoms with Crippen LogP contribution >= 0.6 is 0 Å². The molecule has 2 aromatic carbocycles. The van der Waals surface area contributed by atoms with Crippen molar-refractivity contribution in [3.8, 4) is 0 Å². The van der Waals surface area contributed by atoms with E-state index in [0.29, 0.717) is 0 Å². The van der Waals surface area contributed by atoms with Gasteiger partial charge in [0.2, 0.25) is 0 Å². The Kier molecular flexibility index (Phi) is 7.51. The van der Waals surface area contributed by atoms with Gasteiger partial charge in [-0.3, -0.25) is 0 Å². The zero-order chi connectivity index (χ0) is 21.6. The molecule has 0 spiro atoms. The molecule has 0 unspecified atom stereocenters. The number of quaternary nitrogens is 2. The summed E-state index contributed by atoms with van der Waals surface area (Å²) in [6.45, 7) is 7.85. The first kappa shape index (κ1) is 22.6. The van der Waals surface area contributed by atoms with Gasteiger partial charge in [0.15, 0.2) is 0 Å². The molecular weight excluding hydrogens is 376 g/mol. The second-order valence-corrected chi connectivity index (χ2v) is 11.2. The van der Waals surface area contributed by atoms with Gasteiger partial charge in [0.25, 0.3) is 0 Å². The predicted octanol–water partition coefficient (Wildman–Crippen LogP) is 6.27. The zero-order valence-electron chi connectivity index (χ0n) is 20.0. The Bertz CT molecular complexity index is 701. The summed E-state index contributed by atoms with van der Waals surface area (Å²) in [5.41, 5.74) is 3.00. The van der Waals surface area contributed by atoms with Gasteiger partial charge in [-0.1, -0.05) is 79.9 Å². The third-order valence-corrected chi connectivity index (χ3v) is 8.35. The van der Waals surface area contributed by atoms with Gasteiger partial charge < -0.3 is 8.97 Å². The van der Waals surface area contributed by atoms with Gasteiger partial charge in [-0.15, -0.1) is 0 Å². The van der Waals surface area contributed by atoms with Crippen LogP contribution in [0.4, 0.5) is 0 Å². The molecule has 0 N–H and O–H groups in total. The lowest BCUT2D eigenvalue weighted by molar-refractivity contribution is -0.928. The predicted molar refractivity (Wildman–Crippen MR) is 131 cm³/mol. The van der Waals surface area contributed by atoms with E-state index in [9.17, 15) is 0 Å². The van der Waals surface area contributed by atoms with Gasteiger partial charge in [0.1, 0.15) is 13.1 Å². The average Bonchev–Trinajstić information content (AvgIpc) is 2.78. The van der Waals surface area contributed by atoms with Crippen LogP contribution in [0, 0.1) is 11.8 Å². The summed E-state index contributed by atoms with van der Waals surface area (Å²) < 4.78 is 2.47. The minimum atomic E-state index is 0.977. The standard InChI is InChI=1S/C29H44N2/c1-30(24-28-10-5-3-6-11-28)20-16-26(17-21-30)14-9-15-27-18-22-31(2,23-19-27)25-29-12-7-4-8-13-29/h3-8,10-13,26-27H,9,14-25H2,1-2H3/q+2. The smallest absolute Gasteiger partial charge is 0.104 e. The monoisotopic (exact) mass is 420 g/mol. The highest BCUT2D eigenvalue weighted by molar-refractivity contribution is 5.14. The third kappa shape index (κ3) is 6.67. The number of likely N-dealkylation sites (tertiary alicyclic amines) is 2. The minimum absolute atomic E-state index is 0.977. The maximum atomic E-state index is 2.47. The third-order valence-electron chi connectivity index (χ3n) is 8.35. The van der Waals surface area contributed by atoms with Crippen LogP contribution in [0.25, 0.3) is 0 Å². The first-order valence-corrected chi connectivity index (χ1v) is 12.8. The summed E-state index contributed by atoms with van der Waals surface area (Å²) >= 11 is 0. The van der Waals surface area contributed by atoms with E-state index in [2.05, 4.69) is 74.8 Å². The van der Waals surface area contributed by atoms with Crippen LogP contribution in [-0.4, -0.2) is 49.2 Å². The van der Waals surface area contributed by atoms with Crippen molar-refractivity contribution in [2.75, 3.05) is 40.3 Å². The topological polar surface area (TPSA) is 0 Å². The fraction of sp³-hybridized carbons (Fsp3) is 0.586. The van der Waals surface area contributed by atoms with Crippen molar-refractivity contribution in [1.82, 2.24) is 0 Å². The number of hydrogen-bond donors (Lipinski definition) is 0. The molecule has 0 atom stereocenters. The van der Waals surface area contributed by atoms with E-state index in [1.54, 1.807) is 0 Å². The Morgan fingerprint density at radius 3 is 1.29 bits per heavy atom. The Hall–Kier alpha value is -1.64. The molecule has 0 amide bonds. The van der Waals surface area contributed by atoms with Crippen molar-refractivity contribution in [2.24, 2.45) is 11.8 Å². The normalized spacial score (nSPS) is 31.4. The van der Waals surface area contributed by atoms with Gasteiger partial charge in [-0.2, -0.15) is 0 Å². The maximum Gasteiger partial charge on any atom is 0.104 e. The molecule has 2 heterocycles. The van der Waals surface area contributed by atoms with Gasteiger partial charge in [0.05, 0.1) is 40.3 Å². The number of piperidine rings is 2. The van der Waals surface area contributed by atoms with E-state index in [4.69, 9.17) is 0 Å². The maximum absolute atomic E-state index is 2.47. The molecule has 0 saturated carbocycles. The van der Waals surface area contributed by atoms with Crippen molar-refractivity contribution in [3.05, 3.63) is 71.8 Å². The second-order valence-electron chi connectivity index (χ2n) is 11.2. The molecule has 2 fully saturated rings. The molecule has 0 bridgehead atoms. The highest BCUT2D eigenvalue weighted by Gasteiger charge is 2.32. The highest BCUT2D eigenvalue weighted by atomic mass is 15.3. The van der Waals surface area contributed by atoms with E-state index < -0.39 is 0 Å². The van der Waals surface area contributed by atoms with Gasteiger partial charge >= 0.3 is 0 Å². The van der Waals surface area contributed by atoms with E-state index in [0.717, 1.165) is 11.8 Å². The van der Waals surface area contributed by atoms with Crippen LogP contribution in [0.2, 0.25) is 0 Å². The van der Waals surface area contributed by atoms with E-state index >= 15 is 0 Å². The average molecular weight is 421 g/mol. The van der Waals surface area contributed by atoms with E-state index in [-0.39, 0.29) is 0 Å². The molecule has 2 aliphatic heterocycles. The van der Waals surface area contributed by atoms with Crippen LogP contribution < -0.4 is 0 Å². The van der Waals surface area contributed by atoms with Gasteiger partial charge in [-0.05, 0) is 37.5 Å². The van der Waals surface area contributed by atoms with Crippen molar-refractivity contribution in [3.63, 3.8) is 0 Å². The second kappa shape index (κ2) is 10.3. The quantitative estimate of drug-likeness (QED) is 0.442. The first-order chi connectivity index (χ1) is 15.0. The van der Waals surface area contributed by atoms with Crippen LogP contribution in [0.15, 0.2) is 60.7 Å². The molecule has 168 valence electrons. The molecule has 31 heavy (non-hydrogen) atoms.